The summed E-state index contributed by atoms with van der Waals surface area (Å²) in [5.41, 5.74) is 2.47. The molecular formula is C28H30Cl2FN3O. The summed E-state index contributed by atoms with van der Waals surface area (Å²) in [6, 6.07) is 18.7. The van der Waals surface area contributed by atoms with Gasteiger partial charge in [-0.15, -0.1) is 0 Å². The van der Waals surface area contributed by atoms with Crippen LogP contribution in [-0.4, -0.2) is 53.9 Å². The summed E-state index contributed by atoms with van der Waals surface area (Å²) in [7, 11) is 1.84. The maximum atomic E-state index is 14.1. The van der Waals surface area contributed by atoms with Crippen LogP contribution in [0.3, 0.4) is 0 Å². The van der Waals surface area contributed by atoms with Crippen molar-refractivity contribution in [1.82, 2.24) is 14.8 Å². The summed E-state index contributed by atoms with van der Waals surface area (Å²) >= 11 is 12.5. The first-order chi connectivity index (χ1) is 16.9. The van der Waals surface area contributed by atoms with Gasteiger partial charge < -0.3 is 9.80 Å². The lowest BCUT2D eigenvalue weighted by molar-refractivity contribution is 0.0781. The molecule has 1 aliphatic heterocycles. The van der Waals surface area contributed by atoms with Gasteiger partial charge in [0.05, 0.1) is 10.0 Å². The second-order valence-corrected chi connectivity index (χ2v) is 10.0. The molecule has 4 nitrogen and oxygen atoms in total. The van der Waals surface area contributed by atoms with Crippen molar-refractivity contribution in [2.24, 2.45) is 0 Å². The highest BCUT2D eigenvalue weighted by Crippen LogP contribution is 2.32. The lowest BCUT2D eigenvalue weighted by atomic mass is 9.89. The molecule has 4 rings (SSSR count). The highest BCUT2D eigenvalue weighted by molar-refractivity contribution is 6.42. The van der Waals surface area contributed by atoms with E-state index in [9.17, 15) is 9.18 Å². The number of carbonyl (C=O) groups is 1. The second kappa shape index (κ2) is 12.0. The van der Waals surface area contributed by atoms with E-state index in [1.54, 1.807) is 11.0 Å². The number of nitrogens with zero attached hydrogens (tertiary/aromatic N) is 3. The van der Waals surface area contributed by atoms with E-state index in [0.717, 1.165) is 50.0 Å². The zero-order valence-electron chi connectivity index (χ0n) is 19.8. The minimum atomic E-state index is -0.350. The maximum Gasteiger partial charge on any atom is 0.253 e. The van der Waals surface area contributed by atoms with Gasteiger partial charge in [-0.05, 0) is 80.7 Å². The Hall–Kier alpha value is -2.47. The summed E-state index contributed by atoms with van der Waals surface area (Å²) < 4.78 is 14.1. The molecule has 0 bridgehead atoms. The molecule has 0 saturated carbocycles. The van der Waals surface area contributed by atoms with E-state index in [2.05, 4.69) is 9.88 Å². The SMILES string of the molecule is CN(CC(CCN1CCC(c2cccnc2F)CC1)c1ccc(Cl)c(Cl)c1)C(=O)c1ccccc1. The first-order valence-corrected chi connectivity index (χ1v) is 12.8. The Morgan fingerprint density at radius 2 is 1.83 bits per heavy atom. The predicted octanol–water partition coefficient (Wildman–Crippen LogP) is 6.65. The van der Waals surface area contributed by atoms with Gasteiger partial charge in [0.2, 0.25) is 5.95 Å². The molecule has 1 aromatic heterocycles. The van der Waals surface area contributed by atoms with E-state index >= 15 is 0 Å². The fraction of sp³-hybridized carbons (Fsp3) is 0.357. The van der Waals surface area contributed by atoms with E-state index in [0.29, 0.717) is 22.2 Å². The van der Waals surface area contributed by atoms with Crippen LogP contribution < -0.4 is 0 Å². The third-order valence-electron chi connectivity index (χ3n) is 6.89. The van der Waals surface area contributed by atoms with Crippen LogP contribution in [-0.2, 0) is 0 Å². The average molecular weight is 514 g/mol. The minimum absolute atomic E-state index is 0.00466. The normalized spacial score (nSPS) is 15.7. The number of hydrogen-bond donors (Lipinski definition) is 0. The van der Waals surface area contributed by atoms with Crippen LogP contribution in [0, 0.1) is 5.95 Å². The molecule has 1 fully saturated rings. The number of likely N-dealkylation sites (N-methyl/N-ethyl adjacent to an activating group) is 1. The molecule has 1 amide bonds. The number of carbonyl (C=O) groups excluding carboxylic acids is 1. The molecule has 35 heavy (non-hydrogen) atoms. The van der Waals surface area contributed by atoms with Gasteiger partial charge in [-0.25, -0.2) is 4.98 Å². The molecule has 3 aromatic rings. The molecule has 1 unspecified atom stereocenters. The number of benzene rings is 2. The van der Waals surface area contributed by atoms with Crippen molar-refractivity contribution < 1.29 is 9.18 Å². The molecular weight excluding hydrogens is 484 g/mol. The summed E-state index contributed by atoms with van der Waals surface area (Å²) in [5, 5.41) is 1.04. The van der Waals surface area contributed by atoms with Gasteiger partial charge in [0.1, 0.15) is 0 Å². The van der Waals surface area contributed by atoms with Crippen molar-refractivity contribution in [3.8, 4) is 0 Å². The number of likely N-dealkylation sites (tertiary alicyclic amines) is 1. The number of halogens is 3. The Morgan fingerprint density at radius 3 is 2.51 bits per heavy atom. The van der Waals surface area contributed by atoms with Crippen LogP contribution in [0.5, 0.6) is 0 Å². The average Bonchev–Trinajstić information content (AvgIpc) is 2.89. The van der Waals surface area contributed by atoms with E-state index in [-0.39, 0.29) is 23.7 Å². The van der Waals surface area contributed by atoms with E-state index in [4.69, 9.17) is 23.2 Å². The summed E-state index contributed by atoms with van der Waals surface area (Å²) in [5.74, 6) is -0.0388. The fourth-order valence-electron chi connectivity index (χ4n) is 4.85. The number of hydrogen-bond acceptors (Lipinski definition) is 3. The molecule has 1 saturated heterocycles. The molecule has 1 aliphatic rings. The summed E-state index contributed by atoms with van der Waals surface area (Å²) in [6.45, 7) is 3.28. The molecule has 7 heteroatoms. The van der Waals surface area contributed by atoms with Crippen LogP contribution in [0.4, 0.5) is 4.39 Å². The van der Waals surface area contributed by atoms with Crippen molar-refractivity contribution in [3.63, 3.8) is 0 Å². The zero-order chi connectivity index (χ0) is 24.8. The fourth-order valence-corrected chi connectivity index (χ4v) is 5.16. The lowest BCUT2D eigenvalue weighted by Gasteiger charge is -2.33. The Morgan fingerprint density at radius 1 is 1.09 bits per heavy atom. The minimum Gasteiger partial charge on any atom is -0.341 e. The molecule has 184 valence electrons. The second-order valence-electron chi connectivity index (χ2n) is 9.21. The molecule has 1 atom stereocenters. The Balaban J connectivity index is 1.41. The number of piperidine rings is 1. The molecule has 0 N–H and O–H groups in total. The quantitative estimate of drug-likeness (QED) is 0.316. The van der Waals surface area contributed by atoms with Gasteiger partial charge >= 0.3 is 0 Å². The van der Waals surface area contributed by atoms with Crippen LogP contribution in [0.25, 0.3) is 0 Å². The Kier molecular flexibility index (Phi) is 8.77. The van der Waals surface area contributed by atoms with Crippen molar-refractivity contribution in [3.05, 3.63) is 99.5 Å². The van der Waals surface area contributed by atoms with Gasteiger partial charge in [0.25, 0.3) is 5.91 Å². The van der Waals surface area contributed by atoms with Crippen LogP contribution in [0.2, 0.25) is 10.0 Å². The van der Waals surface area contributed by atoms with Gasteiger partial charge in [0.15, 0.2) is 0 Å². The summed E-state index contributed by atoms with van der Waals surface area (Å²) in [6.07, 6.45) is 4.19. The topological polar surface area (TPSA) is 36.4 Å². The highest BCUT2D eigenvalue weighted by Gasteiger charge is 2.25. The molecule has 2 aromatic carbocycles. The summed E-state index contributed by atoms with van der Waals surface area (Å²) in [4.78, 5) is 21.0. The first-order valence-electron chi connectivity index (χ1n) is 12.0. The maximum absolute atomic E-state index is 14.1. The van der Waals surface area contributed by atoms with Crippen LogP contribution in [0.1, 0.15) is 52.6 Å². The monoisotopic (exact) mass is 513 g/mol. The predicted molar refractivity (Wildman–Crippen MR) is 140 cm³/mol. The number of rotatable bonds is 8. The van der Waals surface area contributed by atoms with Gasteiger partial charge in [-0.1, -0.05) is 53.5 Å². The molecule has 0 aliphatic carbocycles. The van der Waals surface area contributed by atoms with Crippen LogP contribution in [0.15, 0.2) is 66.9 Å². The third kappa shape index (κ3) is 6.60. The van der Waals surface area contributed by atoms with Crippen LogP contribution >= 0.6 is 23.2 Å². The van der Waals surface area contributed by atoms with Gasteiger partial charge in [0, 0.05) is 36.8 Å². The Labute approximate surface area is 216 Å². The van der Waals surface area contributed by atoms with Crippen molar-refractivity contribution in [2.75, 3.05) is 33.2 Å². The van der Waals surface area contributed by atoms with Gasteiger partial charge in [-0.3, -0.25) is 4.79 Å². The number of pyridine rings is 1. The zero-order valence-corrected chi connectivity index (χ0v) is 21.4. The largest absolute Gasteiger partial charge is 0.341 e. The lowest BCUT2D eigenvalue weighted by Crippen LogP contribution is -2.36. The number of amides is 1. The highest BCUT2D eigenvalue weighted by atomic mass is 35.5. The molecule has 2 heterocycles. The van der Waals surface area contributed by atoms with Crippen molar-refractivity contribution in [1.29, 1.82) is 0 Å². The molecule has 0 radical (unpaired) electrons. The number of aromatic nitrogens is 1. The Bertz CT molecular complexity index is 1140. The van der Waals surface area contributed by atoms with E-state index in [1.165, 1.54) is 6.20 Å². The standard InChI is InChI=1S/C28H30Cl2FN3O/c1-33(28(35)21-6-3-2-4-7-21)19-23(22-9-10-25(29)26(30)18-22)13-17-34-15-11-20(12-16-34)24-8-5-14-32-27(24)31/h2-10,14,18,20,23H,11-13,15-17,19H2,1H3. The smallest absolute Gasteiger partial charge is 0.253 e. The van der Waals surface area contributed by atoms with Gasteiger partial charge in [-0.2, -0.15) is 4.39 Å². The van der Waals surface area contributed by atoms with Crippen molar-refractivity contribution >= 4 is 29.1 Å². The van der Waals surface area contributed by atoms with Crippen molar-refractivity contribution in [2.45, 2.75) is 31.1 Å². The van der Waals surface area contributed by atoms with E-state index in [1.807, 2.05) is 61.6 Å². The molecule has 0 spiro atoms. The third-order valence-corrected chi connectivity index (χ3v) is 7.62. The van der Waals surface area contributed by atoms with E-state index < -0.39 is 0 Å². The first kappa shape index (κ1) is 25.6.